The number of aliphatic hydroxyl groups is 1. The van der Waals surface area contributed by atoms with E-state index < -0.39 is 6.23 Å². The van der Waals surface area contributed by atoms with Crippen molar-refractivity contribution in [3.8, 4) is 0 Å². The number of hydrogen-bond donors (Lipinski definition) is 2. The fourth-order valence-corrected chi connectivity index (χ4v) is 1.12. The molecule has 0 aliphatic rings. The van der Waals surface area contributed by atoms with Crippen LogP contribution in [-0.4, -0.2) is 35.5 Å². The monoisotopic (exact) mass is 194 g/mol. The zero-order valence-corrected chi connectivity index (χ0v) is 8.25. The summed E-state index contributed by atoms with van der Waals surface area (Å²) in [5.74, 6) is 0. The first-order chi connectivity index (χ1) is 6.65. The van der Waals surface area contributed by atoms with Crippen LogP contribution in [0, 0.1) is 0 Å². The van der Waals surface area contributed by atoms with E-state index in [4.69, 9.17) is 5.21 Å². The average Bonchev–Trinajstić information content (AvgIpc) is 2.18. The van der Waals surface area contributed by atoms with Gasteiger partial charge in [-0.05, 0) is 25.2 Å². The molecule has 0 aromatic heterocycles. The Hall–Kier alpha value is -1.39. The summed E-state index contributed by atoms with van der Waals surface area (Å²) in [7, 11) is 3.60. The van der Waals surface area contributed by atoms with Gasteiger partial charge in [0.05, 0.1) is 6.21 Å². The van der Waals surface area contributed by atoms with Crippen LogP contribution in [0.5, 0.6) is 0 Å². The van der Waals surface area contributed by atoms with Crippen LogP contribution in [0.15, 0.2) is 29.4 Å². The van der Waals surface area contributed by atoms with Gasteiger partial charge in [0.2, 0.25) is 0 Å². The fourth-order valence-electron chi connectivity index (χ4n) is 1.12. The lowest BCUT2D eigenvalue weighted by Gasteiger charge is -2.18. The van der Waals surface area contributed by atoms with Gasteiger partial charge in [-0.2, -0.15) is 0 Å². The molecule has 2 N–H and O–H groups in total. The number of hydrogen-bond acceptors (Lipinski definition) is 4. The van der Waals surface area contributed by atoms with Crippen LogP contribution in [0.25, 0.3) is 0 Å². The first kappa shape index (κ1) is 10.7. The standard InChI is InChI=1S/C10H14N2O2/c1-12(2)10(13)9-5-3-8(4-6-9)7-11-14/h3-7,10,13-14H,1-2H3/b11-7+. The van der Waals surface area contributed by atoms with Crippen molar-refractivity contribution in [2.75, 3.05) is 14.1 Å². The summed E-state index contributed by atoms with van der Waals surface area (Å²) in [5.41, 5.74) is 1.60. The van der Waals surface area contributed by atoms with Crippen LogP contribution >= 0.6 is 0 Å². The van der Waals surface area contributed by atoms with Gasteiger partial charge in [-0.3, -0.25) is 4.90 Å². The number of rotatable bonds is 3. The third kappa shape index (κ3) is 2.55. The molecular weight excluding hydrogens is 180 g/mol. The van der Waals surface area contributed by atoms with Crippen LogP contribution in [-0.2, 0) is 0 Å². The summed E-state index contributed by atoms with van der Waals surface area (Å²) in [6.45, 7) is 0. The van der Waals surface area contributed by atoms with Crippen molar-refractivity contribution in [3.05, 3.63) is 35.4 Å². The van der Waals surface area contributed by atoms with Gasteiger partial charge in [0.1, 0.15) is 6.23 Å². The van der Waals surface area contributed by atoms with Crippen LogP contribution in [0.4, 0.5) is 0 Å². The minimum Gasteiger partial charge on any atom is -0.411 e. The van der Waals surface area contributed by atoms with Gasteiger partial charge in [-0.25, -0.2) is 0 Å². The minimum atomic E-state index is -0.602. The molecule has 76 valence electrons. The highest BCUT2D eigenvalue weighted by Crippen LogP contribution is 2.14. The zero-order valence-electron chi connectivity index (χ0n) is 8.25. The fraction of sp³-hybridized carbons (Fsp3) is 0.300. The molecule has 1 rings (SSSR count). The lowest BCUT2D eigenvalue weighted by atomic mass is 10.1. The van der Waals surface area contributed by atoms with Gasteiger partial charge in [-0.15, -0.1) is 0 Å². The van der Waals surface area contributed by atoms with E-state index in [0.717, 1.165) is 11.1 Å². The largest absolute Gasteiger partial charge is 0.411 e. The topological polar surface area (TPSA) is 56.1 Å². The number of nitrogens with zero attached hydrogens (tertiary/aromatic N) is 2. The number of aliphatic hydroxyl groups excluding tert-OH is 1. The van der Waals surface area contributed by atoms with E-state index in [1.165, 1.54) is 6.21 Å². The molecule has 0 amide bonds. The third-order valence-corrected chi connectivity index (χ3v) is 1.93. The van der Waals surface area contributed by atoms with Crippen molar-refractivity contribution in [1.82, 2.24) is 4.90 Å². The van der Waals surface area contributed by atoms with Gasteiger partial charge < -0.3 is 10.3 Å². The van der Waals surface area contributed by atoms with E-state index in [1.807, 2.05) is 0 Å². The van der Waals surface area contributed by atoms with Gasteiger partial charge in [0.15, 0.2) is 0 Å². The van der Waals surface area contributed by atoms with E-state index in [1.54, 1.807) is 43.3 Å². The second-order valence-corrected chi connectivity index (χ2v) is 3.25. The molecule has 1 unspecified atom stereocenters. The van der Waals surface area contributed by atoms with Crippen molar-refractivity contribution in [2.45, 2.75) is 6.23 Å². The first-order valence-electron chi connectivity index (χ1n) is 4.27. The predicted molar refractivity (Wildman–Crippen MR) is 54.5 cm³/mol. The highest BCUT2D eigenvalue weighted by molar-refractivity contribution is 5.78. The Morgan fingerprint density at radius 3 is 2.29 bits per heavy atom. The molecule has 1 aromatic rings. The minimum absolute atomic E-state index is 0.602. The Morgan fingerprint density at radius 2 is 1.86 bits per heavy atom. The van der Waals surface area contributed by atoms with Crippen LogP contribution < -0.4 is 0 Å². The average molecular weight is 194 g/mol. The lowest BCUT2D eigenvalue weighted by Crippen LogP contribution is -2.19. The van der Waals surface area contributed by atoms with E-state index in [-0.39, 0.29) is 0 Å². The summed E-state index contributed by atoms with van der Waals surface area (Å²) >= 11 is 0. The van der Waals surface area contributed by atoms with Crippen molar-refractivity contribution in [2.24, 2.45) is 5.16 Å². The lowest BCUT2D eigenvalue weighted by molar-refractivity contribution is 0.0395. The molecule has 0 aliphatic carbocycles. The number of benzene rings is 1. The molecule has 0 aliphatic heterocycles. The van der Waals surface area contributed by atoms with E-state index in [0.29, 0.717) is 0 Å². The smallest absolute Gasteiger partial charge is 0.133 e. The van der Waals surface area contributed by atoms with E-state index in [9.17, 15) is 5.11 Å². The second kappa shape index (κ2) is 4.74. The molecule has 0 fully saturated rings. The maximum atomic E-state index is 9.66. The molecule has 14 heavy (non-hydrogen) atoms. The molecule has 0 radical (unpaired) electrons. The van der Waals surface area contributed by atoms with Gasteiger partial charge >= 0.3 is 0 Å². The Bertz CT molecular complexity index is 306. The van der Waals surface area contributed by atoms with Crippen LogP contribution in [0.3, 0.4) is 0 Å². The van der Waals surface area contributed by atoms with E-state index >= 15 is 0 Å². The quantitative estimate of drug-likeness (QED) is 0.327. The third-order valence-electron chi connectivity index (χ3n) is 1.93. The molecule has 1 aromatic carbocycles. The molecular formula is C10H14N2O2. The van der Waals surface area contributed by atoms with Crippen LogP contribution in [0.1, 0.15) is 17.4 Å². The molecule has 4 nitrogen and oxygen atoms in total. The van der Waals surface area contributed by atoms with Crippen molar-refractivity contribution in [1.29, 1.82) is 0 Å². The summed E-state index contributed by atoms with van der Waals surface area (Å²) in [6, 6.07) is 7.15. The molecule has 4 heteroatoms. The second-order valence-electron chi connectivity index (χ2n) is 3.25. The van der Waals surface area contributed by atoms with Gasteiger partial charge in [-0.1, -0.05) is 29.4 Å². The molecule has 0 spiro atoms. The Balaban J connectivity index is 2.82. The van der Waals surface area contributed by atoms with Crippen molar-refractivity contribution >= 4 is 6.21 Å². The highest BCUT2D eigenvalue weighted by atomic mass is 16.4. The Kier molecular flexibility index (Phi) is 3.62. The highest BCUT2D eigenvalue weighted by Gasteiger charge is 2.08. The summed E-state index contributed by atoms with van der Waals surface area (Å²) < 4.78 is 0. The van der Waals surface area contributed by atoms with Crippen LogP contribution in [0.2, 0.25) is 0 Å². The number of oxime groups is 1. The van der Waals surface area contributed by atoms with Crippen molar-refractivity contribution < 1.29 is 10.3 Å². The maximum Gasteiger partial charge on any atom is 0.133 e. The van der Waals surface area contributed by atoms with Crippen molar-refractivity contribution in [3.63, 3.8) is 0 Å². The maximum absolute atomic E-state index is 9.66. The first-order valence-corrected chi connectivity index (χ1v) is 4.27. The normalized spacial score (nSPS) is 13.7. The van der Waals surface area contributed by atoms with Gasteiger partial charge in [0, 0.05) is 0 Å². The Morgan fingerprint density at radius 1 is 1.29 bits per heavy atom. The molecule has 0 saturated carbocycles. The molecule has 0 saturated heterocycles. The summed E-state index contributed by atoms with van der Waals surface area (Å²) in [4.78, 5) is 1.70. The zero-order chi connectivity index (χ0) is 10.6. The molecule has 1 atom stereocenters. The Labute approximate surface area is 83.1 Å². The summed E-state index contributed by atoms with van der Waals surface area (Å²) in [6.07, 6.45) is 0.737. The van der Waals surface area contributed by atoms with Gasteiger partial charge in [0.25, 0.3) is 0 Å². The summed E-state index contributed by atoms with van der Waals surface area (Å²) in [5, 5.41) is 20.9. The molecule has 0 heterocycles. The predicted octanol–water partition coefficient (Wildman–Crippen LogP) is 1.05. The van der Waals surface area contributed by atoms with E-state index in [2.05, 4.69) is 5.16 Å². The molecule has 0 bridgehead atoms. The SMILES string of the molecule is CN(C)C(O)c1ccc(/C=N/O)cc1.